The molecular weight excluding hydrogens is 218 g/mol. The predicted octanol–water partition coefficient (Wildman–Crippen LogP) is 0.958. The van der Waals surface area contributed by atoms with Gasteiger partial charge in [0.2, 0.25) is 0 Å². The fourth-order valence-electron chi connectivity index (χ4n) is 1.39. The monoisotopic (exact) mass is 231 g/mol. The number of nitrogen functional groups attached to an aromatic ring is 1. The van der Waals surface area contributed by atoms with Crippen LogP contribution >= 0.6 is 0 Å². The molecule has 6 nitrogen and oxygen atoms in total. The average Bonchev–Trinajstić information content (AvgIpc) is 2.61. The smallest absolute Gasteiger partial charge is 0.258 e. The van der Waals surface area contributed by atoms with E-state index in [1.807, 2.05) is 6.92 Å². The summed E-state index contributed by atoms with van der Waals surface area (Å²) in [4.78, 5) is 15.9. The molecule has 88 valence electrons. The Morgan fingerprint density at radius 3 is 2.71 bits per heavy atom. The van der Waals surface area contributed by atoms with Crippen LogP contribution in [0, 0.1) is 6.92 Å². The minimum absolute atomic E-state index is 0.257. The highest BCUT2D eigenvalue weighted by atomic mass is 16.1. The highest BCUT2D eigenvalue weighted by Crippen LogP contribution is 2.16. The lowest BCUT2D eigenvalue weighted by molar-refractivity contribution is 0.102. The van der Waals surface area contributed by atoms with E-state index < -0.39 is 0 Å². The second kappa shape index (κ2) is 4.25. The SMILES string of the molecule is Cc1ccc(C(=O)Nc2c(N)cnn2C)cn1. The Morgan fingerprint density at radius 1 is 1.41 bits per heavy atom. The van der Waals surface area contributed by atoms with Gasteiger partial charge in [0.1, 0.15) is 0 Å². The standard InChI is InChI=1S/C11H13N5O/c1-7-3-4-8(5-13-7)11(17)15-10-9(12)6-14-16(10)2/h3-6H,12H2,1-2H3,(H,15,17). The summed E-state index contributed by atoms with van der Waals surface area (Å²) in [5, 5.41) is 6.63. The molecule has 0 unspecified atom stereocenters. The van der Waals surface area contributed by atoms with E-state index in [4.69, 9.17) is 5.73 Å². The molecule has 2 aromatic rings. The fourth-order valence-corrected chi connectivity index (χ4v) is 1.39. The third kappa shape index (κ3) is 2.25. The summed E-state index contributed by atoms with van der Waals surface area (Å²) >= 11 is 0. The van der Waals surface area contributed by atoms with Crippen LogP contribution in [0.25, 0.3) is 0 Å². The van der Waals surface area contributed by atoms with Crippen molar-refractivity contribution >= 4 is 17.4 Å². The molecule has 6 heteroatoms. The number of nitrogens with two attached hydrogens (primary N) is 1. The minimum atomic E-state index is -0.257. The Labute approximate surface area is 98.5 Å². The van der Waals surface area contributed by atoms with E-state index in [2.05, 4.69) is 15.4 Å². The van der Waals surface area contributed by atoms with Gasteiger partial charge in [-0.25, -0.2) is 0 Å². The highest BCUT2D eigenvalue weighted by Gasteiger charge is 2.11. The van der Waals surface area contributed by atoms with Crippen LogP contribution in [0.15, 0.2) is 24.5 Å². The van der Waals surface area contributed by atoms with Crippen molar-refractivity contribution < 1.29 is 4.79 Å². The van der Waals surface area contributed by atoms with Crippen molar-refractivity contribution in [2.24, 2.45) is 7.05 Å². The summed E-state index contributed by atoms with van der Waals surface area (Å²) in [5.41, 5.74) is 7.45. The molecule has 0 aliphatic rings. The number of nitrogens with zero attached hydrogens (tertiary/aromatic N) is 3. The topological polar surface area (TPSA) is 85.8 Å². The van der Waals surface area contributed by atoms with Crippen LogP contribution in [-0.2, 0) is 7.05 Å². The molecule has 2 aromatic heterocycles. The van der Waals surface area contributed by atoms with Crippen LogP contribution in [0.3, 0.4) is 0 Å². The van der Waals surface area contributed by atoms with Gasteiger partial charge in [0, 0.05) is 18.9 Å². The zero-order valence-corrected chi connectivity index (χ0v) is 9.64. The van der Waals surface area contributed by atoms with E-state index in [1.54, 1.807) is 19.2 Å². The Bertz CT molecular complexity index is 524. The van der Waals surface area contributed by atoms with Gasteiger partial charge in [0.05, 0.1) is 17.4 Å². The van der Waals surface area contributed by atoms with Crippen LogP contribution in [0.4, 0.5) is 11.5 Å². The van der Waals surface area contributed by atoms with E-state index in [0.29, 0.717) is 17.1 Å². The Hall–Kier alpha value is -2.37. The minimum Gasteiger partial charge on any atom is -0.394 e. The molecule has 2 heterocycles. The second-order valence-corrected chi connectivity index (χ2v) is 3.71. The lowest BCUT2D eigenvalue weighted by Crippen LogP contribution is -2.15. The summed E-state index contributed by atoms with van der Waals surface area (Å²) in [5.74, 6) is 0.225. The number of aromatic nitrogens is 3. The normalized spacial score (nSPS) is 10.2. The van der Waals surface area contributed by atoms with Crippen LogP contribution in [0.1, 0.15) is 16.1 Å². The Morgan fingerprint density at radius 2 is 2.18 bits per heavy atom. The summed E-state index contributed by atoms with van der Waals surface area (Å²) in [6, 6.07) is 3.49. The first-order valence-corrected chi connectivity index (χ1v) is 5.09. The third-order valence-corrected chi connectivity index (χ3v) is 2.37. The second-order valence-electron chi connectivity index (χ2n) is 3.71. The molecule has 2 rings (SSSR count). The van der Waals surface area contributed by atoms with Crippen LogP contribution in [0.2, 0.25) is 0 Å². The van der Waals surface area contributed by atoms with Crippen molar-refractivity contribution in [3.05, 3.63) is 35.8 Å². The number of carbonyl (C=O) groups is 1. The lowest BCUT2D eigenvalue weighted by atomic mass is 10.2. The van der Waals surface area contributed by atoms with Gasteiger partial charge in [-0.1, -0.05) is 0 Å². The molecule has 0 saturated carbocycles. The molecule has 3 N–H and O–H groups in total. The summed E-state index contributed by atoms with van der Waals surface area (Å²) in [7, 11) is 1.71. The number of aryl methyl sites for hydroxylation is 2. The van der Waals surface area contributed by atoms with Crippen molar-refractivity contribution in [3.8, 4) is 0 Å². The van der Waals surface area contributed by atoms with Gasteiger partial charge in [0.15, 0.2) is 5.82 Å². The van der Waals surface area contributed by atoms with Crippen molar-refractivity contribution in [1.29, 1.82) is 0 Å². The number of hydrogen-bond acceptors (Lipinski definition) is 4. The number of carbonyl (C=O) groups excluding carboxylic acids is 1. The Balaban J connectivity index is 2.20. The third-order valence-electron chi connectivity index (χ3n) is 2.37. The fraction of sp³-hybridized carbons (Fsp3) is 0.182. The molecule has 1 amide bonds. The molecular formula is C11H13N5O. The molecule has 0 saturated heterocycles. The summed E-state index contributed by atoms with van der Waals surface area (Å²) in [6.45, 7) is 1.86. The van der Waals surface area contributed by atoms with Gasteiger partial charge in [-0.05, 0) is 19.1 Å². The first-order chi connectivity index (χ1) is 8.08. The van der Waals surface area contributed by atoms with E-state index in [-0.39, 0.29) is 5.91 Å². The zero-order valence-electron chi connectivity index (χ0n) is 9.64. The summed E-state index contributed by atoms with van der Waals surface area (Å²) in [6.07, 6.45) is 3.01. The molecule has 0 atom stereocenters. The first kappa shape index (κ1) is 11.1. The first-order valence-electron chi connectivity index (χ1n) is 5.09. The van der Waals surface area contributed by atoms with Crippen molar-refractivity contribution in [2.75, 3.05) is 11.1 Å². The van der Waals surface area contributed by atoms with Gasteiger partial charge in [-0.2, -0.15) is 5.10 Å². The molecule has 0 aliphatic carbocycles. The number of nitrogens with one attached hydrogen (secondary N) is 1. The number of rotatable bonds is 2. The van der Waals surface area contributed by atoms with Crippen molar-refractivity contribution in [3.63, 3.8) is 0 Å². The van der Waals surface area contributed by atoms with E-state index in [1.165, 1.54) is 17.1 Å². The van der Waals surface area contributed by atoms with Crippen molar-refractivity contribution in [1.82, 2.24) is 14.8 Å². The van der Waals surface area contributed by atoms with Gasteiger partial charge in [-0.3, -0.25) is 14.5 Å². The molecule has 0 fully saturated rings. The lowest BCUT2D eigenvalue weighted by Gasteiger charge is -2.06. The number of anilines is 2. The van der Waals surface area contributed by atoms with E-state index in [0.717, 1.165) is 5.69 Å². The molecule has 0 aromatic carbocycles. The maximum Gasteiger partial charge on any atom is 0.258 e. The number of amides is 1. The molecule has 0 radical (unpaired) electrons. The van der Waals surface area contributed by atoms with Crippen molar-refractivity contribution in [2.45, 2.75) is 6.92 Å². The van der Waals surface area contributed by atoms with Gasteiger partial charge in [0.25, 0.3) is 5.91 Å². The van der Waals surface area contributed by atoms with Crippen LogP contribution in [-0.4, -0.2) is 20.7 Å². The zero-order chi connectivity index (χ0) is 12.4. The van der Waals surface area contributed by atoms with Crippen LogP contribution in [0.5, 0.6) is 0 Å². The predicted molar refractivity (Wildman–Crippen MR) is 64.5 cm³/mol. The molecule has 17 heavy (non-hydrogen) atoms. The molecule has 0 bridgehead atoms. The average molecular weight is 231 g/mol. The van der Waals surface area contributed by atoms with E-state index in [9.17, 15) is 4.79 Å². The number of pyridine rings is 1. The van der Waals surface area contributed by atoms with Gasteiger partial charge >= 0.3 is 0 Å². The quantitative estimate of drug-likeness (QED) is 0.806. The maximum atomic E-state index is 11.9. The highest BCUT2D eigenvalue weighted by molar-refractivity contribution is 6.04. The largest absolute Gasteiger partial charge is 0.394 e. The van der Waals surface area contributed by atoms with Gasteiger partial charge in [-0.15, -0.1) is 0 Å². The molecule has 0 aliphatic heterocycles. The van der Waals surface area contributed by atoms with E-state index >= 15 is 0 Å². The Kier molecular flexibility index (Phi) is 2.78. The van der Waals surface area contributed by atoms with Crippen LogP contribution < -0.4 is 11.1 Å². The summed E-state index contributed by atoms with van der Waals surface area (Å²) < 4.78 is 1.51. The molecule has 0 spiro atoms. The maximum absolute atomic E-state index is 11.9. The van der Waals surface area contributed by atoms with Gasteiger partial charge < -0.3 is 11.1 Å². The number of hydrogen-bond donors (Lipinski definition) is 2.